The first-order chi connectivity index (χ1) is 11.9. The van der Waals surface area contributed by atoms with E-state index in [9.17, 15) is 9.18 Å². The van der Waals surface area contributed by atoms with Gasteiger partial charge in [-0.3, -0.25) is 4.79 Å². The van der Waals surface area contributed by atoms with E-state index in [1.807, 2.05) is 32.0 Å². The summed E-state index contributed by atoms with van der Waals surface area (Å²) in [6.45, 7) is 3.72. The van der Waals surface area contributed by atoms with Gasteiger partial charge >= 0.3 is 0 Å². The Morgan fingerprint density at radius 2 is 1.68 bits per heavy atom. The quantitative estimate of drug-likeness (QED) is 0.749. The largest absolute Gasteiger partial charge is 0.493 e. The summed E-state index contributed by atoms with van der Waals surface area (Å²) in [6.07, 6.45) is 0. The van der Waals surface area contributed by atoms with Crippen LogP contribution >= 0.6 is 11.8 Å². The average Bonchev–Trinajstić information content (AvgIpc) is 2.61. The van der Waals surface area contributed by atoms with Crippen LogP contribution in [0.4, 0.5) is 4.39 Å². The number of carbonyl (C=O) groups is 1. The van der Waals surface area contributed by atoms with E-state index in [0.29, 0.717) is 11.5 Å². The summed E-state index contributed by atoms with van der Waals surface area (Å²) in [5.41, 5.74) is 0.859. The van der Waals surface area contributed by atoms with Crippen LogP contribution in [0.15, 0.2) is 47.4 Å². The Morgan fingerprint density at radius 1 is 1.04 bits per heavy atom. The van der Waals surface area contributed by atoms with Crippen molar-refractivity contribution in [3.05, 3.63) is 53.8 Å². The second-order valence-corrected chi connectivity index (χ2v) is 6.97. The highest BCUT2D eigenvalue weighted by Crippen LogP contribution is 2.33. The Morgan fingerprint density at radius 3 is 2.28 bits per heavy atom. The number of carbonyl (C=O) groups excluding carboxylic acids is 1. The molecule has 134 valence electrons. The van der Waals surface area contributed by atoms with Crippen molar-refractivity contribution in [2.45, 2.75) is 30.0 Å². The fourth-order valence-corrected chi connectivity index (χ4v) is 3.22. The second kappa shape index (κ2) is 8.76. The molecule has 0 spiro atoms. The van der Waals surface area contributed by atoms with Crippen LogP contribution in [0.1, 0.15) is 25.5 Å². The van der Waals surface area contributed by atoms with Gasteiger partial charge in [-0.25, -0.2) is 4.39 Å². The lowest BCUT2D eigenvalue weighted by atomic mass is 10.1. The van der Waals surface area contributed by atoms with E-state index in [1.165, 1.54) is 23.9 Å². The molecule has 0 aromatic heterocycles. The van der Waals surface area contributed by atoms with Gasteiger partial charge in [0.25, 0.3) is 0 Å². The topological polar surface area (TPSA) is 47.6 Å². The van der Waals surface area contributed by atoms with E-state index < -0.39 is 0 Å². The van der Waals surface area contributed by atoms with Gasteiger partial charge in [0.2, 0.25) is 5.91 Å². The Bertz CT molecular complexity index is 721. The molecule has 0 radical (unpaired) electrons. The van der Waals surface area contributed by atoms with Gasteiger partial charge in [0.15, 0.2) is 11.5 Å². The van der Waals surface area contributed by atoms with Gasteiger partial charge in [-0.05, 0) is 49.7 Å². The van der Waals surface area contributed by atoms with Crippen LogP contribution in [0.2, 0.25) is 0 Å². The van der Waals surface area contributed by atoms with E-state index in [1.54, 1.807) is 26.4 Å². The van der Waals surface area contributed by atoms with E-state index in [-0.39, 0.29) is 23.0 Å². The minimum Gasteiger partial charge on any atom is -0.493 e. The number of benzene rings is 2. The summed E-state index contributed by atoms with van der Waals surface area (Å²) in [5.74, 6) is 0.893. The highest BCUT2D eigenvalue weighted by molar-refractivity contribution is 8.00. The number of ether oxygens (including phenoxy) is 2. The summed E-state index contributed by atoms with van der Waals surface area (Å²) >= 11 is 1.43. The van der Waals surface area contributed by atoms with Gasteiger partial charge < -0.3 is 14.8 Å². The summed E-state index contributed by atoms with van der Waals surface area (Å²) in [6, 6.07) is 11.5. The van der Waals surface area contributed by atoms with Crippen LogP contribution in [-0.4, -0.2) is 25.4 Å². The maximum atomic E-state index is 13.0. The molecule has 2 aromatic carbocycles. The van der Waals surface area contributed by atoms with Crippen LogP contribution in [0.5, 0.6) is 11.5 Å². The zero-order valence-corrected chi connectivity index (χ0v) is 15.5. The van der Waals surface area contributed by atoms with Crippen molar-refractivity contribution >= 4 is 17.7 Å². The molecule has 2 aromatic rings. The lowest BCUT2D eigenvalue weighted by Gasteiger charge is -2.18. The first kappa shape index (κ1) is 19.1. The summed E-state index contributed by atoms with van der Waals surface area (Å²) in [5, 5.41) is 2.66. The summed E-state index contributed by atoms with van der Waals surface area (Å²) in [4.78, 5) is 13.3. The van der Waals surface area contributed by atoms with Crippen LogP contribution in [0.3, 0.4) is 0 Å². The highest BCUT2D eigenvalue weighted by atomic mass is 32.2. The molecule has 4 nitrogen and oxygen atoms in total. The van der Waals surface area contributed by atoms with Crippen molar-refractivity contribution in [3.63, 3.8) is 0 Å². The molecule has 1 amide bonds. The number of methoxy groups -OCH3 is 2. The van der Waals surface area contributed by atoms with E-state index in [0.717, 1.165) is 10.5 Å². The number of halogens is 1. The van der Waals surface area contributed by atoms with Crippen LogP contribution < -0.4 is 14.8 Å². The molecule has 2 rings (SSSR count). The Hall–Kier alpha value is -2.21. The zero-order chi connectivity index (χ0) is 18.4. The van der Waals surface area contributed by atoms with Gasteiger partial charge in [-0.2, -0.15) is 0 Å². The fourth-order valence-electron chi connectivity index (χ4n) is 2.31. The van der Waals surface area contributed by atoms with Crippen molar-refractivity contribution in [1.82, 2.24) is 5.32 Å². The highest BCUT2D eigenvalue weighted by Gasteiger charge is 2.18. The van der Waals surface area contributed by atoms with E-state index in [2.05, 4.69) is 5.32 Å². The maximum Gasteiger partial charge on any atom is 0.233 e. The molecule has 0 bridgehead atoms. The van der Waals surface area contributed by atoms with Crippen molar-refractivity contribution in [3.8, 4) is 11.5 Å². The molecule has 0 aliphatic heterocycles. The molecule has 25 heavy (non-hydrogen) atoms. The Labute approximate surface area is 151 Å². The summed E-state index contributed by atoms with van der Waals surface area (Å²) < 4.78 is 23.5. The Kier molecular flexibility index (Phi) is 6.70. The molecular formula is C19H22FNO3S. The number of hydrogen-bond acceptors (Lipinski definition) is 4. The molecule has 0 fully saturated rings. The fraction of sp³-hybridized carbons (Fsp3) is 0.316. The van der Waals surface area contributed by atoms with Gasteiger partial charge in [0.1, 0.15) is 5.82 Å². The third-order valence-electron chi connectivity index (χ3n) is 3.77. The molecule has 0 saturated heterocycles. The minimum atomic E-state index is -0.292. The number of nitrogens with one attached hydrogen (secondary N) is 1. The van der Waals surface area contributed by atoms with Crippen molar-refractivity contribution in [2.24, 2.45) is 0 Å². The molecule has 0 saturated carbocycles. The molecule has 2 atom stereocenters. The zero-order valence-electron chi connectivity index (χ0n) is 14.7. The van der Waals surface area contributed by atoms with Gasteiger partial charge in [-0.1, -0.05) is 12.1 Å². The molecule has 1 N–H and O–H groups in total. The Balaban J connectivity index is 1.99. The number of amides is 1. The van der Waals surface area contributed by atoms with Gasteiger partial charge in [0.05, 0.1) is 25.5 Å². The van der Waals surface area contributed by atoms with Crippen LogP contribution in [-0.2, 0) is 4.79 Å². The first-order valence-corrected chi connectivity index (χ1v) is 8.77. The normalized spacial score (nSPS) is 13.0. The van der Waals surface area contributed by atoms with Crippen molar-refractivity contribution in [1.29, 1.82) is 0 Å². The van der Waals surface area contributed by atoms with Crippen molar-refractivity contribution in [2.75, 3.05) is 14.2 Å². The minimum absolute atomic E-state index is 0.0865. The third kappa shape index (κ3) is 5.13. The van der Waals surface area contributed by atoms with Crippen LogP contribution in [0, 0.1) is 5.82 Å². The monoisotopic (exact) mass is 363 g/mol. The lowest BCUT2D eigenvalue weighted by Crippen LogP contribution is -2.33. The molecule has 0 unspecified atom stereocenters. The predicted octanol–water partition coefficient (Wildman–Crippen LogP) is 4.20. The number of hydrogen-bond donors (Lipinski definition) is 1. The molecule has 0 aliphatic rings. The van der Waals surface area contributed by atoms with E-state index in [4.69, 9.17) is 9.47 Å². The molecule has 6 heteroatoms. The molecule has 0 aliphatic carbocycles. The average molecular weight is 363 g/mol. The molecule has 0 heterocycles. The third-order valence-corrected chi connectivity index (χ3v) is 4.86. The second-order valence-electron chi connectivity index (χ2n) is 5.56. The number of rotatable bonds is 7. The van der Waals surface area contributed by atoms with Gasteiger partial charge in [-0.15, -0.1) is 11.8 Å². The first-order valence-electron chi connectivity index (χ1n) is 7.89. The lowest BCUT2D eigenvalue weighted by molar-refractivity contribution is -0.120. The predicted molar refractivity (Wildman–Crippen MR) is 97.8 cm³/mol. The van der Waals surface area contributed by atoms with Crippen molar-refractivity contribution < 1.29 is 18.7 Å². The maximum absolute atomic E-state index is 13.0. The molecular weight excluding hydrogens is 341 g/mol. The van der Waals surface area contributed by atoms with Crippen LogP contribution in [0.25, 0.3) is 0 Å². The van der Waals surface area contributed by atoms with E-state index >= 15 is 0 Å². The SMILES string of the molecule is COc1ccc(S[C@H](C)C(=O)N[C@@H](C)c2ccc(F)cc2)cc1OC. The summed E-state index contributed by atoms with van der Waals surface area (Å²) in [7, 11) is 3.16. The smallest absolute Gasteiger partial charge is 0.233 e. The standard InChI is InChI=1S/C19H22FNO3S/c1-12(14-5-7-15(20)8-6-14)21-19(22)13(2)25-16-9-10-17(23-3)18(11-16)24-4/h5-13H,1-4H3,(H,21,22)/t12-,13+/m0/s1. The number of thioether (sulfide) groups is 1. The van der Waals surface area contributed by atoms with Gasteiger partial charge in [0, 0.05) is 4.90 Å².